The van der Waals surface area contributed by atoms with Gasteiger partial charge in [-0.15, -0.1) is 0 Å². The molecule has 202 valence electrons. The Labute approximate surface area is 234 Å². The summed E-state index contributed by atoms with van der Waals surface area (Å²) in [5.74, 6) is 0.274. The van der Waals surface area contributed by atoms with Crippen LogP contribution in [0.15, 0.2) is 102 Å². The van der Waals surface area contributed by atoms with E-state index in [0.29, 0.717) is 22.9 Å². The zero-order chi connectivity index (χ0) is 28.1. The third kappa shape index (κ3) is 6.36. The summed E-state index contributed by atoms with van der Waals surface area (Å²) in [7, 11) is 3.67. The number of aryl methyl sites for hydroxylation is 1. The summed E-state index contributed by atoms with van der Waals surface area (Å²) in [6.07, 6.45) is 0. The number of hydrogen-bond acceptors (Lipinski definition) is 6. The van der Waals surface area contributed by atoms with Crippen LogP contribution in [0.4, 0.5) is 22.7 Å². The topological polar surface area (TPSA) is 97.9 Å². The normalized spacial score (nSPS) is 14.0. The van der Waals surface area contributed by atoms with E-state index in [4.69, 9.17) is 4.99 Å². The van der Waals surface area contributed by atoms with Crippen LogP contribution in [0, 0.1) is 6.92 Å². The van der Waals surface area contributed by atoms with E-state index in [1.807, 2.05) is 81.7 Å². The molecule has 0 saturated carbocycles. The molecule has 1 aliphatic heterocycles. The van der Waals surface area contributed by atoms with Gasteiger partial charge in [-0.1, -0.05) is 54.6 Å². The van der Waals surface area contributed by atoms with Gasteiger partial charge in [0, 0.05) is 33.9 Å². The van der Waals surface area contributed by atoms with Crippen molar-refractivity contribution in [3.8, 4) is 0 Å². The molecular weight excluding hydrogens is 500 g/mol. The zero-order valence-electron chi connectivity index (χ0n) is 22.7. The van der Waals surface area contributed by atoms with Gasteiger partial charge in [-0.2, -0.15) is 0 Å². The Morgan fingerprint density at radius 1 is 0.850 bits per heavy atom. The second-order valence-corrected chi connectivity index (χ2v) is 9.98. The number of aliphatic imine (C=N–C) groups is 1. The van der Waals surface area contributed by atoms with Gasteiger partial charge in [0.05, 0.1) is 6.54 Å². The van der Waals surface area contributed by atoms with Gasteiger partial charge in [0.2, 0.25) is 11.9 Å². The van der Waals surface area contributed by atoms with Crippen molar-refractivity contribution < 1.29 is 9.59 Å². The van der Waals surface area contributed by atoms with Crippen LogP contribution in [0.3, 0.4) is 0 Å². The molecule has 0 fully saturated rings. The van der Waals surface area contributed by atoms with Crippen molar-refractivity contribution in [2.24, 2.45) is 4.99 Å². The largest absolute Gasteiger partial charge is 0.326 e. The molecule has 0 bridgehead atoms. The van der Waals surface area contributed by atoms with Crippen molar-refractivity contribution in [3.63, 3.8) is 0 Å². The smallest absolute Gasteiger partial charge is 0.255 e. The number of rotatable bonds is 7. The molecule has 0 aliphatic carbocycles. The summed E-state index contributed by atoms with van der Waals surface area (Å²) in [6, 6.07) is 30.9. The fraction of sp³-hybridized carbons (Fsp3) is 0.156. The van der Waals surface area contributed by atoms with Crippen LogP contribution >= 0.6 is 0 Å². The Hall–Kier alpha value is -4.95. The fourth-order valence-corrected chi connectivity index (χ4v) is 4.52. The van der Waals surface area contributed by atoms with Crippen LogP contribution < -0.4 is 21.3 Å². The molecule has 4 N–H and O–H groups in total. The minimum Gasteiger partial charge on any atom is -0.326 e. The van der Waals surface area contributed by atoms with Gasteiger partial charge in [0.1, 0.15) is 6.04 Å². The van der Waals surface area contributed by atoms with Crippen LogP contribution in [-0.2, 0) is 4.79 Å². The summed E-state index contributed by atoms with van der Waals surface area (Å²) < 4.78 is 0. The number of nitrogens with zero attached hydrogens (tertiary/aromatic N) is 2. The third-order valence-corrected chi connectivity index (χ3v) is 6.52. The summed E-state index contributed by atoms with van der Waals surface area (Å²) in [4.78, 5) is 31.9. The second kappa shape index (κ2) is 11.8. The minimum atomic E-state index is -0.238. The highest BCUT2D eigenvalue weighted by molar-refractivity contribution is 6.07. The molecule has 2 amide bonds. The van der Waals surface area contributed by atoms with Crippen LogP contribution in [0.25, 0.3) is 0 Å². The highest BCUT2D eigenvalue weighted by atomic mass is 16.2. The van der Waals surface area contributed by atoms with E-state index in [1.54, 1.807) is 23.1 Å². The number of fused-ring (bicyclic) bond motifs is 1. The molecule has 40 heavy (non-hydrogen) atoms. The molecule has 8 heteroatoms. The molecule has 1 aliphatic rings. The quantitative estimate of drug-likeness (QED) is 0.244. The van der Waals surface area contributed by atoms with Crippen molar-refractivity contribution in [2.45, 2.75) is 13.0 Å². The maximum absolute atomic E-state index is 13.0. The van der Waals surface area contributed by atoms with E-state index in [1.165, 1.54) is 0 Å². The first kappa shape index (κ1) is 26.6. The molecule has 5 rings (SSSR count). The number of amides is 2. The standard InChI is InChI=1S/C32H32N6O2/c1-21-13-16-25(33-29(39)20-38(2)3)19-28(21)35-31(40)23-14-17-24(18-15-23)34-32-36-27-12-8-7-11-26(27)30(37-32)22-9-5-4-6-10-22/h4-19,30H,20H2,1-3H3,(H,33,39)(H,35,40)(H2,34,36,37). The van der Waals surface area contributed by atoms with E-state index in [0.717, 1.165) is 28.1 Å². The van der Waals surface area contributed by atoms with Crippen LogP contribution in [0.1, 0.15) is 33.1 Å². The van der Waals surface area contributed by atoms with Crippen molar-refractivity contribution in [2.75, 3.05) is 41.9 Å². The Morgan fingerprint density at radius 3 is 2.30 bits per heavy atom. The number of anilines is 4. The lowest BCUT2D eigenvalue weighted by atomic mass is 9.96. The summed E-state index contributed by atoms with van der Waals surface area (Å²) in [6.45, 7) is 2.18. The van der Waals surface area contributed by atoms with Gasteiger partial charge in [0.25, 0.3) is 5.91 Å². The second-order valence-electron chi connectivity index (χ2n) is 9.98. The van der Waals surface area contributed by atoms with Crippen molar-refractivity contribution in [1.82, 2.24) is 4.90 Å². The average molecular weight is 533 g/mol. The molecule has 1 unspecified atom stereocenters. The molecule has 4 aromatic rings. The molecule has 0 radical (unpaired) electrons. The van der Waals surface area contributed by atoms with Gasteiger partial charge in [0.15, 0.2) is 0 Å². The van der Waals surface area contributed by atoms with E-state index in [-0.39, 0.29) is 24.4 Å². The molecule has 0 saturated heterocycles. The number of benzene rings is 4. The lowest BCUT2D eigenvalue weighted by Gasteiger charge is -2.26. The van der Waals surface area contributed by atoms with E-state index in [2.05, 4.69) is 39.5 Å². The maximum Gasteiger partial charge on any atom is 0.255 e. The van der Waals surface area contributed by atoms with Crippen LogP contribution in [0.5, 0.6) is 0 Å². The maximum atomic E-state index is 13.0. The number of para-hydroxylation sites is 1. The SMILES string of the molecule is Cc1ccc(NC(=O)CN(C)C)cc1NC(=O)c1ccc(NC2=NC(c3ccccc3)c3ccccc3N2)cc1. The van der Waals surface area contributed by atoms with Crippen LogP contribution in [0.2, 0.25) is 0 Å². The van der Waals surface area contributed by atoms with Gasteiger partial charge < -0.3 is 26.2 Å². The molecular formula is C32H32N6O2. The van der Waals surface area contributed by atoms with E-state index in [9.17, 15) is 9.59 Å². The Kier molecular flexibility index (Phi) is 7.89. The van der Waals surface area contributed by atoms with E-state index >= 15 is 0 Å². The first-order valence-electron chi connectivity index (χ1n) is 13.1. The lowest BCUT2D eigenvalue weighted by Crippen LogP contribution is -2.27. The van der Waals surface area contributed by atoms with Gasteiger partial charge in [-0.25, -0.2) is 4.99 Å². The Balaban J connectivity index is 1.27. The van der Waals surface area contributed by atoms with Crippen LogP contribution in [-0.4, -0.2) is 43.3 Å². The zero-order valence-corrected chi connectivity index (χ0v) is 22.7. The molecule has 0 aromatic heterocycles. The fourth-order valence-electron chi connectivity index (χ4n) is 4.52. The minimum absolute atomic E-state index is 0.121. The van der Waals surface area contributed by atoms with Crippen molar-refractivity contribution in [3.05, 3.63) is 119 Å². The summed E-state index contributed by atoms with van der Waals surface area (Å²) in [5.41, 5.74) is 6.70. The lowest BCUT2D eigenvalue weighted by molar-refractivity contribution is -0.116. The van der Waals surface area contributed by atoms with E-state index < -0.39 is 0 Å². The van der Waals surface area contributed by atoms with Crippen molar-refractivity contribution in [1.29, 1.82) is 0 Å². The predicted octanol–water partition coefficient (Wildman–Crippen LogP) is 5.73. The number of hydrogen-bond donors (Lipinski definition) is 4. The first-order valence-corrected chi connectivity index (χ1v) is 13.1. The number of carbonyl (C=O) groups is 2. The average Bonchev–Trinajstić information content (AvgIpc) is 2.95. The number of likely N-dealkylation sites (N-methyl/N-ethyl adjacent to an activating group) is 1. The molecule has 1 heterocycles. The molecule has 8 nitrogen and oxygen atoms in total. The predicted molar refractivity (Wildman–Crippen MR) is 162 cm³/mol. The molecule has 1 atom stereocenters. The van der Waals surface area contributed by atoms with Crippen molar-refractivity contribution >= 4 is 40.5 Å². The number of guanidine groups is 1. The van der Waals surface area contributed by atoms with Gasteiger partial charge >= 0.3 is 0 Å². The summed E-state index contributed by atoms with van der Waals surface area (Å²) in [5, 5.41) is 12.5. The highest BCUT2D eigenvalue weighted by Gasteiger charge is 2.22. The number of carbonyl (C=O) groups excluding carboxylic acids is 2. The Bertz CT molecular complexity index is 1550. The summed E-state index contributed by atoms with van der Waals surface area (Å²) >= 11 is 0. The van der Waals surface area contributed by atoms with Gasteiger partial charge in [-0.05, 0) is 74.6 Å². The van der Waals surface area contributed by atoms with Gasteiger partial charge in [-0.3, -0.25) is 9.59 Å². The third-order valence-electron chi connectivity index (χ3n) is 6.52. The first-order chi connectivity index (χ1) is 19.4. The molecule has 0 spiro atoms. The number of nitrogens with one attached hydrogen (secondary N) is 4. The highest BCUT2D eigenvalue weighted by Crippen LogP contribution is 2.34. The monoisotopic (exact) mass is 532 g/mol. The molecule has 4 aromatic carbocycles. The Morgan fingerprint density at radius 2 is 1.55 bits per heavy atom.